The molecule has 2 rings (SSSR count). The van der Waals surface area contributed by atoms with Crippen LogP contribution in [0.1, 0.15) is 52.9 Å². The molecule has 0 N–H and O–H groups in total. The third kappa shape index (κ3) is 3.74. The molecule has 0 aromatic rings. The van der Waals surface area contributed by atoms with Gasteiger partial charge >= 0.3 is 117 Å². The first-order valence-corrected chi connectivity index (χ1v) is 9.57. The zero-order valence-corrected chi connectivity index (χ0v) is 13.6. The first-order valence-electron chi connectivity index (χ1n) is 7.37. The van der Waals surface area contributed by atoms with E-state index in [9.17, 15) is 4.79 Å². The van der Waals surface area contributed by atoms with Crippen molar-refractivity contribution in [2.75, 3.05) is 0 Å². The normalized spacial score (nSPS) is 37.0. The van der Waals surface area contributed by atoms with Crippen molar-refractivity contribution >= 4 is 20.9 Å². The van der Waals surface area contributed by atoms with Crippen molar-refractivity contribution in [3.8, 4) is 0 Å². The van der Waals surface area contributed by atoms with Crippen molar-refractivity contribution in [1.29, 1.82) is 0 Å². The van der Waals surface area contributed by atoms with E-state index in [2.05, 4.69) is 20.8 Å². The van der Waals surface area contributed by atoms with E-state index in [0.717, 1.165) is 34.3 Å². The Kier molecular flexibility index (Phi) is 5.14. The molecular formula is C15H26O2Se. The van der Waals surface area contributed by atoms with E-state index in [1.165, 1.54) is 19.3 Å². The third-order valence-electron chi connectivity index (χ3n) is 4.43. The summed E-state index contributed by atoms with van der Waals surface area (Å²) in [5, 5.41) is 1.15. The Balaban J connectivity index is 1.82. The van der Waals surface area contributed by atoms with Gasteiger partial charge in [0.1, 0.15) is 0 Å². The van der Waals surface area contributed by atoms with Gasteiger partial charge in [-0.1, -0.05) is 0 Å². The van der Waals surface area contributed by atoms with Gasteiger partial charge in [-0.05, 0) is 0 Å². The first kappa shape index (κ1) is 14.4. The molecule has 1 saturated carbocycles. The number of ether oxygens (including phenoxy) is 1. The van der Waals surface area contributed by atoms with Gasteiger partial charge in [0.25, 0.3) is 0 Å². The molecule has 2 fully saturated rings. The van der Waals surface area contributed by atoms with Crippen LogP contribution < -0.4 is 0 Å². The predicted octanol–water partition coefficient (Wildman–Crippen LogP) is 3.70. The molecule has 1 saturated heterocycles. The van der Waals surface area contributed by atoms with Gasteiger partial charge in [-0.25, -0.2) is 0 Å². The van der Waals surface area contributed by atoms with Gasteiger partial charge in [-0.15, -0.1) is 0 Å². The summed E-state index contributed by atoms with van der Waals surface area (Å²) < 4.78 is 5.35. The second kappa shape index (κ2) is 6.43. The number of rotatable bonds is 4. The molecule has 3 heteroatoms. The van der Waals surface area contributed by atoms with Gasteiger partial charge in [0.15, 0.2) is 0 Å². The molecule has 0 aromatic carbocycles. The summed E-state index contributed by atoms with van der Waals surface area (Å²) in [7, 11) is 0. The molecule has 0 amide bonds. The summed E-state index contributed by atoms with van der Waals surface area (Å²) in [5.74, 6) is 2.65. The fourth-order valence-electron chi connectivity index (χ4n) is 3.24. The van der Waals surface area contributed by atoms with Crippen molar-refractivity contribution in [3.05, 3.63) is 0 Å². The average Bonchev–Trinajstić information content (AvgIpc) is 2.72. The van der Waals surface area contributed by atoms with Crippen LogP contribution in [0.2, 0.25) is 10.1 Å². The minimum absolute atomic E-state index is 0.0215. The van der Waals surface area contributed by atoms with Crippen LogP contribution in [0, 0.1) is 17.8 Å². The van der Waals surface area contributed by atoms with Crippen LogP contribution >= 0.6 is 0 Å². The molecule has 104 valence electrons. The molecule has 0 aromatic heterocycles. The number of esters is 1. The number of cyclic esters (lactones) is 1. The van der Waals surface area contributed by atoms with Crippen LogP contribution in [0.5, 0.6) is 0 Å². The van der Waals surface area contributed by atoms with Crippen molar-refractivity contribution in [3.63, 3.8) is 0 Å². The molecule has 0 spiro atoms. The van der Waals surface area contributed by atoms with Crippen LogP contribution in [0.3, 0.4) is 0 Å². The molecule has 2 aliphatic rings. The molecule has 2 nitrogen and oxygen atoms in total. The summed E-state index contributed by atoms with van der Waals surface area (Å²) in [6.45, 7) is 7.15. The zero-order chi connectivity index (χ0) is 13.1. The summed E-state index contributed by atoms with van der Waals surface area (Å²) in [5.41, 5.74) is 0. The molecule has 1 aliphatic carbocycles. The maximum atomic E-state index is 11.1. The monoisotopic (exact) mass is 318 g/mol. The summed E-state index contributed by atoms with van der Waals surface area (Å²) in [4.78, 5) is 12.0. The third-order valence-corrected chi connectivity index (χ3v) is 7.65. The van der Waals surface area contributed by atoms with Gasteiger partial charge in [-0.2, -0.15) is 0 Å². The predicted molar refractivity (Wildman–Crippen MR) is 74.8 cm³/mol. The molecular weight excluding hydrogens is 291 g/mol. The summed E-state index contributed by atoms with van der Waals surface area (Å²) in [6.07, 6.45) is 6.10. The summed E-state index contributed by atoms with van der Waals surface area (Å²) in [6, 6.07) is 0. The Morgan fingerprint density at radius 2 is 2.11 bits per heavy atom. The molecule has 1 aliphatic heterocycles. The van der Waals surface area contributed by atoms with Crippen LogP contribution in [-0.4, -0.2) is 27.0 Å². The average molecular weight is 317 g/mol. The van der Waals surface area contributed by atoms with Gasteiger partial charge in [0.2, 0.25) is 0 Å². The molecule has 1 unspecified atom stereocenters. The van der Waals surface area contributed by atoms with E-state index < -0.39 is 0 Å². The Labute approximate surface area is 117 Å². The number of hydrogen-bond acceptors (Lipinski definition) is 2. The van der Waals surface area contributed by atoms with Gasteiger partial charge in [-0.3, -0.25) is 0 Å². The fourth-order valence-corrected chi connectivity index (χ4v) is 7.14. The second-order valence-corrected chi connectivity index (χ2v) is 9.02. The molecule has 18 heavy (non-hydrogen) atoms. The number of carbonyl (C=O) groups is 1. The van der Waals surface area contributed by atoms with E-state index >= 15 is 0 Å². The van der Waals surface area contributed by atoms with Crippen molar-refractivity contribution < 1.29 is 9.53 Å². The van der Waals surface area contributed by atoms with Crippen molar-refractivity contribution in [2.45, 2.75) is 69.1 Å². The van der Waals surface area contributed by atoms with E-state index in [4.69, 9.17) is 4.74 Å². The molecule has 0 bridgehead atoms. The zero-order valence-electron chi connectivity index (χ0n) is 11.9. The number of carbonyl (C=O) groups excluding carboxylic acids is 1. The van der Waals surface area contributed by atoms with Crippen LogP contribution in [0.4, 0.5) is 0 Å². The van der Waals surface area contributed by atoms with Gasteiger partial charge in [0.05, 0.1) is 0 Å². The van der Waals surface area contributed by atoms with E-state index in [1.807, 2.05) is 0 Å². The minimum atomic E-state index is 0.0215. The Hall–Kier alpha value is -0.0105. The van der Waals surface area contributed by atoms with Crippen molar-refractivity contribution in [2.24, 2.45) is 17.8 Å². The van der Waals surface area contributed by atoms with E-state index in [1.54, 1.807) is 0 Å². The second-order valence-electron chi connectivity index (χ2n) is 6.35. The molecule has 1 heterocycles. The Morgan fingerprint density at radius 1 is 1.33 bits per heavy atom. The van der Waals surface area contributed by atoms with Crippen LogP contribution in [-0.2, 0) is 9.53 Å². The Bertz CT molecular complexity index is 290. The Morgan fingerprint density at radius 3 is 2.72 bits per heavy atom. The van der Waals surface area contributed by atoms with E-state index in [0.29, 0.717) is 21.4 Å². The fraction of sp³-hybridized carbons (Fsp3) is 0.933. The van der Waals surface area contributed by atoms with E-state index in [-0.39, 0.29) is 12.1 Å². The standard InChI is InChI=1S/C15H26O2Se/c1-10(2)13-6-4-11(3)8-14(13)18-9-12-5-7-15(16)17-12/h10-14H,4-9H2,1-3H3/t11-,12?,13+,14+/m1/s1. The SMILES string of the molecule is CC(C)[C@@H]1CC[C@@H](C)C[C@@H]1[Se]CC1CCC(=O)O1. The van der Waals surface area contributed by atoms with Crippen LogP contribution in [0.25, 0.3) is 0 Å². The molecule has 4 atom stereocenters. The van der Waals surface area contributed by atoms with Crippen molar-refractivity contribution in [1.82, 2.24) is 0 Å². The summed E-state index contributed by atoms with van der Waals surface area (Å²) >= 11 is 0.652. The first-order chi connectivity index (χ1) is 8.56. The maximum absolute atomic E-state index is 11.1. The number of hydrogen-bond donors (Lipinski definition) is 0. The van der Waals surface area contributed by atoms with Crippen LogP contribution in [0.15, 0.2) is 0 Å². The quantitative estimate of drug-likeness (QED) is 0.584. The van der Waals surface area contributed by atoms with Gasteiger partial charge < -0.3 is 0 Å². The molecule has 0 radical (unpaired) electrons. The van der Waals surface area contributed by atoms with Gasteiger partial charge in [0, 0.05) is 0 Å². The topological polar surface area (TPSA) is 26.3 Å².